The zero-order chi connectivity index (χ0) is 49.5. The first kappa shape index (κ1) is 46.2. The average Bonchev–Trinajstić information content (AvgIpc) is 3.96. The molecule has 0 bridgehead atoms. The Balaban J connectivity index is 1.11. The maximum absolute atomic E-state index is 10.1. The fourth-order valence-electron chi connectivity index (χ4n) is 9.88. The molecule has 0 radical (unpaired) electrons. The summed E-state index contributed by atoms with van der Waals surface area (Å²) in [4.78, 5) is 14.5. The van der Waals surface area contributed by atoms with Gasteiger partial charge in [-0.1, -0.05) is 146 Å². The molecular weight excluding hydrogens is 869 g/mol. The fourth-order valence-corrected chi connectivity index (χ4v) is 9.88. The van der Waals surface area contributed by atoms with E-state index < -0.39 is 0 Å². The molecule has 8 aromatic carbocycles. The number of imidazole rings is 2. The molecule has 0 unspecified atom stereocenters. The highest BCUT2D eigenvalue weighted by Gasteiger charge is 2.26. The maximum Gasteiger partial charge on any atom is 0.189 e. The van der Waals surface area contributed by atoms with Gasteiger partial charge >= 0.3 is 0 Å². The first-order valence-electron chi connectivity index (χ1n) is 24.6. The van der Waals surface area contributed by atoms with Crippen LogP contribution in [0.1, 0.15) is 107 Å². The lowest BCUT2D eigenvalue weighted by Gasteiger charge is -2.24. The van der Waals surface area contributed by atoms with Crippen LogP contribution in [0.25, 0.3) is 83.3 Å². The molecule has 0 saturated carbocycles. The topological polar surface area (TPSA) is 73.0 Å². The molecule has 348 valence electrons. The van der Waals surface area contributed by atoms with E-state index in [1.165, 1.54) is 44.5 Å². The summed E-state index contributed by atoms with van der Waals surface area (Å²) in [6, 6.07) is 60.6. The van der Waals surface area contributed by atoms with Gasteiger partial charge < -0.3 is 4.74 Å². The zero-order valence-electron chi connectivity index (χ0n) is 41.6. The molecule has 0 atom stereocenters. The molecule has 0 saturated heterocycles. The number of benzene rings is 8. The molecule has 0 spiro atoms. The van der Waals surface area contributed by atoms with Crippen molar-refractivity contribution < 1.29 is 4.74 Å². The summed E-state index contributed by atoms with van der Waals surface area (Å²) in [5.74, 6) is 3.57. The third-order valence-corrected chi connectivity index (χ3v) is 13.5. The van der Waals surface area contributed by atoms with E-state index in [-0.39, 0.29) is 23.7 Å². The van der Waals surface area contributed by atoms with Gasteiger partial charge in [0.2, 0.25) is 0 Å². The highest BCUT2D eigenvalue weighted by molar-refractivity contribution is 5.89. The molecule has 7 nitrogen and oxygen atoms in total. The monoisotopic (exact) mass is 924 g/mol. The predicted octanol–water partition coefficient (Wildman–Crippen LogP) is 17.7. The molecule has 7 heteroatoms. The molecule has 2 heterocycles. The molecule has 71 heavy (non-hydrogen) atoms. The van der Waals surface area contributed by atoms with Crippen molar-refractivity contribution in [3.63, 3.8) is 0 Å². The lowest BCUT2D eigenvalue weighted by atomic mass is 9.88. The third-order valence-electron chi connectivity index (χ3n) is 13.5. The summed E-state index contributed by atoms with van der Waals surface area (Å²) in [6.07, 6.45) is 0. The van der Waals surface area contributed by atoms with Crippen molar-refractivity contribution in [3.05, 3.63) is 209 Å². The van der Waals surface area contributed by atoms with Crippen LogP contribution in [0.3, 0.4) is 0 Å². The van der Waals surface area contributed by atoms with E-state index in [4.69, 9.17) is 21.3 Å². The molecule has 10 aromatic rings. The van der Waals surface area contributed by atoms with Crippen molar-refractivity contribution in [1.29, 1.82) is 5.26 Å². The van der Waals surface area contributed by atoms with Crippen LogP contribution in [0.4, 0.5) is 5.69 Å². The van der Waals surface area contributed by atoms with Gasteiger partial charge in [-0.2, -0.15) is 5.26 Å². The van der Waals surface area contributed by atoms with E-state index in [1.54, 1.807) is 0 Å². The van der Waals surface area contributed by atoms with Gasteiger partial charge in [0, 0.05) is 11.1 Å². The van der Waals surface area contributed by atoms with Crippen molar-refractivity contribution >= 4 is 27.8 Å². The second kappa shape index (κ2) is 19.1. The molecule has 0 fully saturated rings. The predicted molar refractivity (Wildman–Crippen MR) is 291 cm³/mol. The van der Waals surface area contributed by atoms with Crippen LogP contribution in [0, 0.1) is 17.9 Å². The SMILES string of the molecule is [C-]#[N+]c1ccc2nc(-c3cccc(Oc4cccc(-c5nc6ccc(C#N)cc6n5-c5c(C(C)C)cc(-c6ccccc6)cc5C(C)C)c4)c3)n(-c3c(C(C)C)cc(-c4ccccc4)cc3C(C)C)c2c1. The number of nitriles is 1. The molecule has 0 amide bonds. The molecule has 0 aliphatic rings. The van der Waals surface area contributed by atoms with Gasteiger partial charge in [0.15, 0.2) is 5.69 Å². The number of hydrogen-bond acceptors (Lipinski definition) is 4. The number of fused-ring (bicyclic) bond motifs is 2. The van der Waals surface area contributed by atoms with Crippen LogP contribution in [-0.2, 0) is 0 Å². The largest absolute Gasteiger partial charge is 0.457 e. The minimum Gasteiger partial charge on any atom is -0.457 e. The Morgan fingerprint density at radius 3 is 1.27 bits per heavy atom. The second-order valence-corrected chi connectivity index (χ2v) is 19.7. The summed E-state index contributed by atoms with van der Waals surface area (Å²) < 4.78 is 11.4. The third kappa shape index (κ3) is 8.77. The van der Waals surface area contributed by atoms with Crippen LogP contribution in [0.5, 0.6) is 11.5 Å². The van der Waals surface area contributed by atoms with Gasteiger partial charge in [-0.05, 0) is 147 Å². The van der Waals surface area contributed by atoms with E-state index in [9.17, 15) is 5.26 Å². The first-order valence-corrected chi connectivity index (χ1v) is 24.6. The first-order chi connectivity index (χ1) is 34.4. The van der Waals surface area contributed by atoms with Gasteiger partial charge in [0.1, 0.15) is 23.1 Å². The molecule has 10 rings (SSSR count). The Bertz CT molecular complexity index is 3410. The van der Waals surface area contributed by atoms with Crippen LogP contribution in [0.2, 0.25) is 0 Å². The van der Waals surface area contributed by atoms with Crippen LogP contribution < -0.4 is 4.74 Å². The Morgan fingerprint density at radius 2 is 0.859 bits per heavy atom. The van der Waals surface area contributed by atoms with Gasteiger partial charge in [0.25, 0.3) is 0 Å². The van der Waals surface area contributed by atoms with E-state index >= 15 is 0 Å². The fraction of sp³-hybridized carbons (Fsp3) is 0.188. The molecule has 2 aromatic heterocycles. The maximum atomic E-state index is 10.1. The number of ether oxygens (including phenoxy) is 1. The average molecular weight is 925 g/mol. The standard InChI is InChI=1S/C64H56N6O/c1-39(2)53-33-48(44-18-12-10-13-19-44)34-54(40(3)4)61(53)69-59-30-43(38-65)26-28-57(59)67-63(69)46-22-16-24-51(31-46)71-52-25-17-23-47(32-52)64-68-58-29-27-50(66-9)37-60(58)70(64)62-55(41(5)6)35-49(36-56(62)42(7)8)45-20-14-11-15-21-45/h10-37,39-42H,1-8H3. The zero-order valence-corrected chi connectivity index (χ0v) is 41.6. The summed E-state index contributed by atoms with van der Waals surface area (Å²) >= 11 is 0. The van der Waals surface area contributed by atoms with Crippen LogP contribution in [-0.4, -0.2) is 19.1 Å². The summed E-state index contributed by atoms with van der Waals surface area (Å²) in [5, 5.41) is 10.1. The van der Waals surface area contributed by atoms with Crippen molar-refractivity contribution in [3.8, 4) is 74.0 Å². The van der Waals surface area contributed by atoms with Crippen molar-refractivity contribution in [2.45, 2.75) is 79.1 Å². The summed E-state index contributed by atoms with van der Waals surface area (Å²) in [5.41, 5.74) is 17.9. The second-order valence-electron chi connectivity index (χ2n) is 19.7. The lowest BCUT2D eigenvalue weighted by Crippen LogP contribution is -2.09. The summed E-state index contributed by atoms with van der Waals surface area (Å²) in [6.45, 7) is 25.9. The highest BCUT2D eigenvalue weighted by atomic mass is 16.5. The molecule has 0 N–H and O–H groups in total. The Labute approximate surface area is 417 Å². The van der Waals surface area contributed by atoms with E-state index in [0.717, 1.165) is 56.2 Å². The Hall–Kier alpha value is -8.52. The van der Waals surface area contributed by atoms with Crippen LogP contribution >= 0.6 is 0 Å². The smallest absolute Gasteiger partial charge is 0.189 e. The normalized spacial score (nSPS) is 11.6. The summed E-state index contributed by atoms with van der Waals surface area (Å²) in [7, 11) is 0. The number of nitrogens with zero attached hydrogens (tertiary/aromatic N) is 6. The van der Waals surface area contributed by atoms with Crippen molar-refractivity contribution in [2.75, 3.05) is 0 Å². The number of hydrogen-bond donors (Lipinski definition) is 0. The molecule has 0 aliphatic heterocycles. The highest BCUT2D eigenvalue weighted by Crippen LogP contribution is 2.44. The van der Waals surface area contributed by atoms with Gasteiger partial charge in [0.05, 0.1) is 51.6 Å². The van der Waals surface area contributed by atoms with Gasteiger partial charge in [-0.25, -0.2) is 14.8 Å². The quantitative estimate of drug-likeness (QED) is 0.114. The minimum atomic E-state index is 0.183. The van der Waals surface area contributed by atoms with Crippen LogP contribution in [0.15, 0.2) is 170 Å². The number of rotatable bonds is 12. The van der Waals surface area contributed by atoms with Crippen molar-refractivity contribution in [2.24, 2.45) is 0 Å². The van der Waals surface area contributed by atoms with E-state index in [0.29, 0.717) is 22.7 Å². The molecular formula is C64H56N6O. The Morgan fingerprint density at radius 1 is 0.451 bits per heavy atom. The lowest BCUT2D eigenvalue weighted by molar-refractivity contribution is 0.483. The molecule has 0 aliphatic carbocycles. The number of aromatic nitrogens is 4. The van der Waals surface area contributed by atoms with Gasteiger partial charge in [-0.3, -0.25) is 9.13 Å². The Kier molecular flexibility index (Phi) is 12.4. The van der Waals surface area contributed by atoms with E-state index in [2.05, 4.69) is 185 Å². The minimum absolute atomic E-state index is 0.183. The van der Waals surface area contributed by atoms with Crippen molar-refractivity contribution in [1.82, 2.24) is 19.1 Å². The van der Waals surface area contributed by atoms with Gasteiger partial charge in [-0.15, -0.1) is 0 Å². The van der Waals surface area contributed by atoms with E-state index in [1.807, 2.05) is 60.7 Å².